The SMILES string of the molecule is CCc1c(NC)ncnc1OCC1CCCCN1C. The number of rotatable bonds is 5. The molecule has 5 heteroatoms. The minimum absolute atomic E-state index is 0.506. The molecule has 1 unspecified atom stereocenters. The normalized spacial score (nSPS) is 20.3. The van der Waals surface area contributed by atoms with Crippen LogP contribution in [0.15, 0.2) is 6.33 Å². The summed E-state index contributed by atoms with van der Waals surface area (Å²) in [4.78, 5) is 10.9. The number of nitrogens with zero attached hydrogens (tertiary/aromatic N) is 3. The molecule has 0 radical (unpaired) electrons. The van der Waals surface area contributed by atoms with Gasteiger partial charge in [0.15, 0.2) is 0 Å². The zero-order valence-electron chi connectivity index (χ0n) is 12.1. The summed E-state index contributed by atoms with van der Waals surface area (Å²) in [5.74, 6) is 1.59. The molecule has 2 heterocycles. The summed E-state index contributed by atoms with van der Waals surface area (Å²) in [5, 5.41) is 3.09. The van der Waals surface area contributed by atoms with Crippen molar-refractivity contribution in [3.05, 3.63) is 11.9 Å². The monoisotopic (exact) mass is 264 g/mol. The molecule has 1 aromatic rings. The van der Waals surface area contributed by atoms with Crippen LogP contribution in [-0.4, -0.2) is 48.2 Å². The van der Waals surface area contributed by atoms with E-state index >= 15 is 0 Å². The molecule has 0 aliphatic carbocycles. The number of nitrogens with one attached hydrogen (secondary N) is 1. The van der Waals surface area contributed by atoms with Gasteiger partial charge in [-0.2, -0.15) is 0 Å². The third-order valence-corrected chi connectivity index (χ3v) is 3.83. The molecule has 106 valence electrons. The van der Waals surface area contributed by atoms with E-state index in [1.165, 1.54) is 25.8 Å². The second-order valence-corrected chi connectivity index (χ2v) is 5.05. The minimum Gasteiger partial charge on any atom is -0.476 e. The lowest BCUT2D eigenvalue weighted by Crippen LogP contribution is -2.40. The van der Waals surface area contributed by atoms with Gasteiger partial charge >= 0.3 is 0 Å². The molecule has 2 rings (SSSR count). The van der Waals surface area contributed by atoms with Crippen molar-refractivity contribution in [2.24, 2.45) is 0 Å². The van der Waals surface area contributed by atoms with E-state index in [0.717, 1.165) is 23.7 Å². The van der Waals surface area contributed by atoms with Crippen LogP contribution in [-0.2, 0) is 6.42 Å². The van der Waals surface area contributed by atoms with Gasteiger partial charge in [-0.25, -0.2) is 9.97 Å². The Kier molecular flexibility index (Phi) is 4.96. The number of aromatic nitrogens is 2. The number of anilines is 1. The summed E-state index contributed by atoms with van der Waals surface area (Å²) >= 11 is 0. The Bertz CT molecular complexity index is 410. The van der Waals surface area contributed by atoms with E-state index in [-0.39, 0.29) is 0 Å². The third-order valence-electron chi connectivity index (χ3n) is 3.83. The maximum absolute atomic E-state index is 5.95. The summed E-state index contributed by atoms with van der Waals surface area (Å²) in [6.07, 6.45) is 6.23. The molecule has 1 aliphatic rings. The van der Waals surface area contributed by atoms with Gasteiger partial charge in [-0.15, -0.1) is 0 Å². The molecule has 0 bridgehead atoms. The summed E-state index contributed by atoms with van der Waals surface area (Å²) < 4.78 is 5.95. The number of piperidine rings is 1. The fourth-order valence-corrected chi connectivity index (χ4v) is 2.58. The maximum Gasteiger partial charge on any atom is 0.221 e. The van der Waals surface area contributed by atoms with Gasteiger partial charge < -0.3 is 15.0 Å². The summed E-state index contributed by atoms with van der Waals surface area (Å²) in [6, 6.07) is 0.506. The smallest absolute Gasteiger partial charge is 0.221 e. The number of hydrogen-bond acceptors (Lipinski definition) is 5. The highest BCUT2D eigenvalue weighted by Gasteiger charge is 2.20. The number of likely N-dealkylation sites (N-methyl/N-ethyl adjacent to an activating group) is 1. The summed E-state index contributed by atoms with van der Waals surface area (Å²) in [6.45, 7) is 3.98. The van der Waals surface area contributed by atoms with Crippen molar-refractivity contribution >= 4 is 5.82 Å². The van der Waals surface area contributed by atoms with Gasteiger partial charge in [-0.1, -0.05) is 13.3 Å². The molecule has 5 nitrogen and oxygen atoms in total. The summed E-state index contributed by atoms with van der Waals surface area (Å²) in [7, 11) is 4.05. The Balaban J connectivity index is 2.02. The van der Waals surface area contributed by atoms with Crippen LogP contribution < -0.4 is 10.1 Å². The first-order valence-electron chi connectivity index (χ1n) is 7.11. The number of likely N-dealkylation sites (tertiary alicyclic amines) is 1. The standard InChI is InChI=1S/C14H24N4O/c1-4-12-13(15-2)16-10-17-14(12)19-9-11-7-5-6-8-18(11)3/h10-11H,4-9H2,1-3H3,(H,15,16,17). The predicted molar refractivity (Wildman–Crippen MR) is 76.7 cm³/mol. The van der Waals surface area contributed by atoms with Gasteiger partial charge in [0.05, 0.1) is 5.56 Å². The fraction of sp³-hybridized carbons (Fsp3) is 0.714. The Morgan fingerprint density at radius 3 is 2.95 bits per heavy atom. The molecule has 1 aliphatic heterocycles. The second kappa shape index (κ2) is 6.70. The van der Waals surface area contributed by atoms with E-state index in [1.807, 2.05) is 7.05 Å². The topological polar surface area (TPSA) is 50.3 Å². The highest BCUT2D eigenvalue weighted by Crippen LogP contribution is 2.23. The highest BCUT2D eigenvalue weighted by molar-refractivity contribution is 5.48. The first kappa shape index (κ1) is 14.1. The van der Waals surface area contributed by atoms with E-state index < -0.39 is 0 Å². The van der Waals surface area contributed by atoms with Crippen LogP contribution in [0.3, 0.4) is 0 Å². The van der Waals surface area contributed by atoms with Gasteiger partial charge in [0.1, 0.15) is 18.8 Å². The first-order chi connectivity index (χ1) is 9.26. The van der Waals surface area contributed by atoms with E-state index in [2.05, 4.69) is 34.2 Å². The van der Waals surface area contributed by atoms with Gasteiger partial charge in [-0.3, -0.25) is 0 Å². The molecule has 0 amide bonds. The average molecular weight is 264 g/mol. The molecule has 0 aromatic carbocycles. The molecule has 1 aromatic heterocycles. The lowest BCUT2D eigenvalue weighted by molar-refractivity contribution is 0.122. The van der Waals surface area contributed by atoms with Crippen LogP contribution in [0.2, 0.25) is 0 Å². The largest absolute Gasteiger partial charge is 0.476 e. The molecular formula is C14H24N4O. The Hall–Kier alpha value is -1.36. The lowest BCUT2D eigenvalue weighted by atomic mass is 10.0. The molecule has 0 saturated carbocycles. The van der Waals surface area contributed by atoms with Crippen molar-refractivity contribution in [2.75, 3.05) is 32.6 Å². The van der Waals surface area contributed by atoms with Crippen LogP contribution in [0.25, 0.3) is 0 Å². The van der Waals surface area contributed by atoms with Crippen LogP contribution >= 0.6 is 0 Å². The number of ether oxygens (including phenoxy) is 1. The Morgan fingerprint density at radius 2 is 2.26 bits per heavy atom. The Labute approximate surface area is 115 Å². The zero-order chi connectivity index (χ0) is 13.7. The molecule has 0 spiro atoms. The average Bonchev–Trinajstić information content (AvgIpc) is 2.45. The minimum atomic E-state index is 0.506. The van der Waals surface area contributed by atoms with Gasteiger partial charge in [0.25, 0.3) is 0 Å². The molecule has 1 fully saturated rings. The first-order valence-corrected chi connectivity index (χ1v) is 7.11. The Morgan fingerprint density at radius 1 is 1.42 bits per heavy atom. The predicted octanol–water partition coefficient (Wildman–Crippen LogP) is 1.94. The second-order valence-electron chi connectivity index (χ2n) is 5.05. The van der Waals surface area contributed by atoms with Crippen LogP contribution in [0.1, 0.15) is 31.7 Å². The van der Waals surface area contributed by atoms with Crippen LogP contribution in [0, 0.1) is 0 Å². The van der Waals surface area contributed by atoms with E-state index in [1.54, 1.807) is 6.33 Å². The van der Waals surface area contributed by atoms with Gasteiger partial charge in [0, 0.05) is 13.1 Å². The molecular weight excluding hydrogens is 240 g/mol. The fourth-order valence-electron chi connectivity index (χ4n) is 2.58. The van der Waals surface area contributed by atoms with E-state index in [9.17, 15) is 0 Å². The highest BCUT2D eigenvalue weighted by atomic mass is 16.5. The van der Waals surface area contributed by atoms with Gasteiger partial charge in [-0.05, 0) is 32.9 Å². The molecule has 1 saturated heterocycles. The zero-order valence-corrected chi connectivity index (χ0v) is 12.1. The lowest BCUT2D eigenvalue weighted by Gasteiger charge is -2.32. The van der Waals surface area contributed by atoms with Crippen molar-refractivity contribution in [3.8, 4) is 5.88 Å². The van der Waals surface area contributed by atoms with Crippen molar-refractivity contribution in [1.29, 1.82) is 0 Å². The quantitative estimate of drug-likeness (QED) is 0.881. The van der Waals surface area contributed by atoms with Crippen LogP contribution in [0.4, 0.5) is 5.82 Å². The van der Waals surface area contributed by atoms with E-state index in [0.29, 0.717) is 12.6 Å². The van der Waals surface area contributed by atoms with Crippen molar-refractivity contribution < 1.29 is 4.74 Å². The van der Waals surface area contributed by atoms with Crippen molar-refractivity contribution in [3.63, 3.8) is 0 Å². The number of hydrogen-bond donors (Lipinski definition) is 1. The maximum atomic E-state index is 5.95. The van der Waals surface area contributed by atoms with Crippen molar-refractivity contribution in [2.45, 2.75) is 38.6 Å². The molecule has 1 N–H and O–H groups in total. The third kappa shape index (κ3) is 3.35. The van der Waals surface area contributed by atoms with E-state index in [4.69, 9.17) is 4.74 Å². The molecule has 1 atom stereocenters. The van der Waals surface area contributed by atoms with Crippen molar-refractivity contribution in [1.82, 2.24) is 14.9 Å². The summed E-state index contributed by atoms with van der Waals surface area (Å²) in [5.41, 5.74) is 1.06. The van der Waals surface area contributed by atoms with Gasteiger partial charge in [0.2, 0.25) is 5.88 Å². The van der Waals surface area contributed by atoms with Crippen LogP contribution in [0.5, 0.6) is 5.88 Å². The molecule has 19 heavy (non-hydrogen) atoms.